The average Bonchev–Trinajstić information content (AvgIpc) is 3.63. The van der Waals surface area contributed by atoms with Crippen LogP contribution in [0.25, 0.3) is 10.9 Å². The Hall–Kier alpha value is -3.15. The fraction of sp³-hybridized carbons (Fsp3) is 0.593. The van der Waals surface area contributed by atoms with Crippen molar-refractivity contribution in [1.29, 1.82) is 0 Å². The highest BCUT2D eigenvalue weighted by Gasteiger charge is 2.23. The predicted octanol–water partition coefficient (Wildman–Crippen LogP) is 3.73. The number of anilines is 3. The predicted molar refractivity (Wildman–Crippen MR) is 147 cm³/mol. The standard InChI is InChI=1S/C27H39N7O4/c1-35-18-19-15-25(32-31-19)29-26-21-16-23(37-3)24(38-14-6-11-33-9-4-5-10-33)17-22(21)28-27(30-26)34-12-7-20(36-2)8-13-34/h15-17,20H,4-14,18H2,1-3H3,(H2,28,29,30,31,32). The first-order chi connectivity index (χ1) is 18.7. The molecule has 2 N–H and O–H groups in total. The molecule has 0 spiro atoms. The van der Waals surface area contributed by atoms with Gasteiger partial charge in [-0.05, 0) is 51.3 Å². The summed E-state index contributed by atoms with van der Waals surface area (Å²) in [6, 6.07) is 5.82. The molecule has 0 unspecified atom stereocenters. The van der Waals surface area contributed by atoms with E-state index in [4.69, 9.17) is 28.9 Å². The van der Waals surface area contributed by atoms with Crippen molar-refractivity contribution in [1.82, 2.24) is 25.1 Å². The van der Waals surface area contributed by atoms with Crippen molar-refractivity contribution < 1.29 is 18.9 Å². The van der Waals surface area contributed by atoms with Crippen LogP contribution in [-0.4, -0.2) is 91.8 Å². The minimum Gasteiger partial charge on any atom is -0.493 e. The Morgan fingerprint density at radius 1 is 1.00 bits per heavy atom. The number of H-pyrrole nitrogens is 1. The molecular formula is C27H39N7O4. The van der Waals surface area contributed by atoms with Gasteiger partial charge in [-0.2, -0.15) is 10.1 Å². The number of rotatable bonds is 12. The second-order valence-corrected chi connectivity index (χ2v) is 9.90. The van der Waals surface area contributed by atoms with E-state index in [1.165, 1.54) is 25.9 Å². The molecule has 5 rings (SSSR count). The van der Waals surface area contributed by atoms with Crippen molar-refractivity contribution in [3.8, 4) is 11.5 Å². The minimum absolute atomic E-state index is 0.275. The average molecular weight is 526 g/mol. The van der Waals surface area contributed by atoms with Gasteiger partial charge in [0.1, 0.15) is 5.82 Å². The number of hydrogen-bond donors (Lipinski definition) is 2. The fourth-order valence-electron chi connectivity index (χ4n) is 5.18. The summed E-state index contributed by atoms with van der Waals surface area (Å²) in [5, 5.41) is 11.6. The van der Waals surface area contributed by atoms with Crippen LogP contribution in [0, 0.1) is 0 Å². The second kappa shape index (κ2) is 12.6. The molecule has 2 aromatic heterocycles. The summed E-state index contributed by atoms with van der Waals surface area (Å²) in [5.41, 5.74) is 1.66. The Bertz CT molecular complexity index is 1190. The topological polar surface area (TPSA) is 110 Å². The van der Waals surface area contributed by atoms with Crippen molar-refractivity contribution in [2.24, 2.45) is 0 Å². The first kappa shape index (κ1) is 26.5. The molecule has 0 aliphatic carbocycles. The van der Waals surface area contributed by atoms with Crippen LogP contribution in [0.5, 0.6) is 11.5 Å². The van der Waals surface area contributed by atoms with Gasteiger partial charge in [0.25, 0.3) is 0 Å². The summed E-state index contributed by atoms with van der Waals surface area (Å²) in [4.78, 5) is 14.6. The van der Waals surface area contributed by atoms with Crippen LogP contribution in [0.3, 0.4) is 0 Å². The molecule has 206 valence electrons. The lowest BCUT2D eigenvalue weighted by molar-refractivity contribution is 0.0817. The molecule has 3 aromatic rings. The quantitative estimate of drug-likeness (QED) is 0.339. The Balaban J connectivity index is 1.42. The normalized spacial score (nSPS) is 16.9. The van der Waals surface area contributed by atoms with Crippen LogP contribution >= 0.6 is 0 Å². The van der Waals surface area contributed by atoms with Crippen molar-refractivity contribution >= 4 is 28.5 Å². The molecular weight excluding hydrogens is 486 g/mol. The van der Waals surface area contributed by atoms with E-state index < -0.39 is 0 Å². The number of ether oxygens (including phenoxy) is 4. The van der Waals surface area contributed by atoms with E-state index in [1.807, 2.05) is 18.2 Å². The third-order valence-electron chi connectivity index (χ3n) is 7.28. The van der Waals surface area contributed by atoms with Crippen molar-refractivity contribution in [2.45, 2.75) is 44.8 Å². The van der Waals surface area contributed by atoms with E-state index in [-0.39, 0.29) is 6.10 Å². The van der Waals surface area contributed by atoms with E-state index in [0.717, 1.165) is 55.5 Å². The lowest BCUT2D eigenvalue weighted by atomic mass is 10.1. The van der Waals surface area contributed by atoms with Gasteiger partial charge in [-0.3, -0.25) is 5.10 Å². The van der Waals surface area contributed by atoms with E-state index in [1.54, 1.807) is 21.3 Å². The molecule has 0 atom stereocenters. The molecule has 0 radical (unpaired) electrons. The Morgan fingerprint density at radius 2 is 1.82 bits per heavy atom. The largest absolute Gasteiger partial charge is 0.493 e. The third kappa shape index (κ3) is 6.28. The number of likely N-dealkylation sites (tertiary alicyclic amines) is 1. The Labute approximate surface area is 223 Å². The van der Waals surface area contributed by atoms with Crippen molar-refractivity contribution in [3.63, 3.8) is 0 Å². The summed E-state index contributed by atoms with van der Waals surface area (Å²) in [6.07, 6.45) is 5.72. The van der Waals surface area contributed by atoms with Crippen LogP contribution in [-0.2, 0) is 16.1 Å². The summed E-state index contributed by atoms with van der Waals surface area (Å²) in [7, 11) is 5.09. The molecule has 0 bridgehead atoms. The van der Waals surface area contributed by atoms with Gasteiger partial charge in [-0.15, -0.1) is 0 Å². The van der Waals surface area contributed by atoms with Gasteiger partial charge in [0, 0.05) is 51.4 Å². The lowest BCUT2D eigenvalue weighted by Crippen LogP contribution is -2.37. The Morgan fingerprint density at radius 3 is 2.55 bits per heavy atom. The molecule has 0 amide bonds. The number of nitrogens with one attached hydrogen (secondary N) is 2. The molecule has 4 heterocycles. The minimum atomic E-state index is 0.275. The fourth-order valence-corrected chi connectivity index (χ4v) is 5.18. The van der Waals surface area contributed by atoms with Crippen LogP contribution < -0.4 is 19.7 Å². The lowest BCUT2D eigenvalue weighted by Gasteiger charge is -2.31. The van der Waals surface area contributed by atoms with Gasteiger partial charge in [-0.25, -0.2) is 4.98 Å². The highest BCUT2D eigenvalue weighted by atomic mass is 16.5. The molecule has 2 fully saturated rings. The summed E-state index contributed by atoms with van der Waals surface area (Å²) in [5.74, 6) is 3.33. The SMILES string of the molecule is COCc1cc(Nc2nc(N3CCC(OC)CC3)nc3cc(OCCCN4CCCC4)c(OC)cc23)n[nH]1. The van der Waals surface area contributed by atoms with Crippen molar-refractivity contribution in [2.75, 3.05) is 70.9 Å². The van der Waals surface area contributed by atoms with Gasteiger partial charge in [0.2, 0.25) is 5.95 Å². The molecule has 38 heavy (non-hydrogen) atoms. The molecule has 11 heteroatoms. The summed E-state index contributed by atoms with van der Waals surface area (Å²) < 4.78 is 22.7. The molecule has 2 aliphatic heterocycles. The monoisotopic (exact) mass is 525 g/mol. The van der Waals surface area contributed by atoms with Crippen LogP contribution in [0.15, 0.2) is 18.2 Å². The van der Waals surface area contributed by atoms with Gasteiger partial charge in [0.15, 0.2) is 17.3 Å². The highest BCUT2D eigenvalue weighted by molar-refractivity contribution is 5.94. The number of fused-ring (bicyclic) bond motifs is 1. The number of aromatic amines is 1. The number of methoxy groups -OCH3 is 3. The van der Waals surface area contributed by atoms with Gasteiger partial charge in [0.05, 0.1) is 37.6 Å². The Kier molecular flexibility index (Phi) is 8.77. The van der Waals surface area contributed by atoms with E-state index in [2.05, 4.69) is 25.3 Å². The van der Waals surface area contributed by atoms with Gasteiger partial charge < -0.3 is 34.1 Å². The molecule has 11 nitrogen and oxygen atoms in total. The van der Waals surface area contributed by atoms with E-state index >= 15 is 0 Å². The number of piperidine rings is 1. The van der Waals surface area contributed by atoms with E-state index in [9.17, 15) is 0 Å². The molecule has 2 aliphatic rings. The maximum Gasteiger partial charge on any atom is 0.227 e. The maximum absolute atomic E-state index is 6.20. The van der Waals surface area contributed by atoms with Gasteiger partial charge in [-0.1, -0.05) is 0 Å². The van der Waals surface area contributed by atoms with Crippen LogP contribution in [0.4, 0.5) is 17.6 Å². The maximum atomic E-state index is 6.20. The summed E-state index contributed by atoms with van der Waals surface area (Å²) in [6.45, 7) is 6.19. The first-order valence-corrected chi connectivity index (χ1v) is 13.5. The highest BCUT2D eigenvalue weighted by Crippen LogP contribution is 2.36. The van der Waals surface area contributed by atoms with E-state index in [0.29, 0.717) is 42.3 Å². The molecule has 0 saturated carbocycles. The number of nitrogens with zero attached hydrogens (tertiary/aromatic N) is 5. The molecule has 1 aromatic carbocycles. The first-order valence-electron chi connectivity index (χ1n) is 13.5. The third-order valence-corrected chi connectivity index (χ3v) is 7.28. The summed E-state index contributed by atoms with van der Waals surface area (Å²) >= 11 is 0. The zero-order valence-electron chi connectivity index (χ0n) is 22.7. The van der Waals surface area contributed by atoms with Crippen LogP contribution in [0.2, 0.25) is 0 Å². The molecule has 2 saturated heterocycles. The zero-order valence-corrected chi connectivity index (χ0v) is 22.7. The van der Waals surface area contributed by atoms with Crippen LogP contribution in [0.1, 0.15) is 37.8 Å². The van der Waals surface area contributed by atoms with Crippen molar-refractivity contribution in [3.05, 3.63) is 23.9 Å². The zero-order chi connectivity index (χ0) is 26.3. The smallest absolute Gasteiger partial charge is 0.227 e. The number of hydrogen-bond acceptors (Lipinski definition) is 10. The number of aromatic nitrogens is 4. The second-order valence-electron chi connectivity index (χ2n) is 9.90. The van der Waals surface area contributed by atoms with Gasteiger partial charge >= 0.3 is 0 Å². The number of benzene rings is 1.